The molecular formula is C43H30N2. The lowest BCUT2D eigenvalue weighted by molar-refractivity contribution is 0.822. The Hall–Kier alpha value is -5.73. The molecule has 0 N–H and O–H groups in total. The van der Waals surface area contributed by atoms with Crippen LogP contribution in [-0.2, 0) is 6.42 Å². The van der Waals surface area contributed by atoms with Crippen LogP contribution in [0.3, 0.4) is 0 Å². The topological polar surface area (TPSA) is 17.8 Å². The SMILES string of the molecule is c1ccc(-c2ccc3c(c2)-c2ccncc2C3Cc2ccc(-c3ccc4c(c3)c3ccccc3n4-c3ccccc3)cc2)cc1. The predicted octanol–water partition coefficient (Wildman–Crippen LogP) is 10.9. The third-order valence-corrected chi connectivity index (χ3v) is 9.47. The molecule has 0 fully saturated rings. The Morgan fingerprint density at radius 3 is 2.00 bits per heavy atom. The molecule has 2 heteroatoms. The zero-order valence-corrected chi connectivity index (χ0v) is 24.8. The highest BCUT2D eigenvalue weighted by molar-refractivity contribution is 6.10. The van der Waals surface area contributed by atoms with E-state index in [1.54, 1.807) is 0 Å². The molecule has 8 aromatic rings. The summed E-state index contributed by atoms with van der Waals surface area (Å²) in [6.45, 7) is 0. The first kappa shape index (κ1) is 25.7. The summed E-state index contributed by atoms with van der Waals surface area (Å²) in [5.74, 6) is 0.292. The Kier molecular flexibility index (Phi) is 5.99. The number of hydrogen-bond acceptors (Lipinski definition) is 1. The van der Waals surface area contributed by atoms with E-state index in [0.717, 1.165) is 6.42 Å². The van der Waals surface area contributed by atoms with Gasteiger partial charge in [0.1, 0.15) is 0 Å². The number of hydrogen-bond donors (Lipinski definition) is 0. The van der Waals surface area contributed by atoms with Gasteiger partial charge in [-0.15, -0.1) is 0 Å². The average Bonchev–Trinajstić information content (AvgIpc) is 3.61. The second kappa shape index (κ2) is 10.5. The highest BCUT2D eigenvalue weighted by Gasteiger charge is 2.29. The van der Waals surface area contributed by atoms with Gasteiger partial charge in [0.2, 0.25) is 0 Å². The minimum atomic E-state index is 0.292. The van der Waals surface area contributed by atoms with Gasteiger partial charge in [-0.1, -0.05) is 109 Å². The average molecular weight is 575 g/mol. The smallest absolute Gasteiger partial charge is 0.0541 e. The van der Waals surface area contributed by atoms with Crippen LogP contribution in [0, 0.1) is 0 Å². The molecule has 1 atom stereocenters. The minimum absolute atomic E-state index is 0.292. The Labute approximate surface area is 262 Å². The van der Waals surface area contributed by atoms with Gasteiger partial charge < -0.3 is 4.57 Å². The lowest BCUT2D eigenvalue weighted by Crippen LogP contribution is -2.02. The van der Waals surface area contributed by atoms with E-state index in [1.807, 2.05) is 6.20 Å². The number of aromatic nitrogens is 2. The van der Waals surface area contributed by atoms with E-state index in [4.69, 9.17) is 0 Å². The van der Waals surface area contributed by atoms with Crippen molar-refractivity contribution in [2.24, 2.45) is 0 Å². The number of nitrogens with zero attached hydrogens (tertiary/aromatic N) is 2. The maximum absolute atomic E-state index is 4.53. The summed E-state index contributed by atoms with van der Waals surface area (Å²) in [4.78, 5) is 4.53. The predicted molar refractivity (Wildman–Crippen MR) is 187 cm³/mol. The third-order valence-electron chi connectivity index (χ3n) is 9.47. The first-order valence-electron chi connectivity index (χ1n) is 15.6. The first-order valence-corrected chi connectivity index (χ1v) is 15.6. The van der Waals surface area contributed by atoms with Crippen LogP contribution in [0.1, 0.15) is 22.6 Å². The molecule has 1 aliphatic rings. The van der Waals surface area contributed by atoms with Crippen LogP contribution >= 0.6 is 0 Å². The highest BCUT2D eigenvalue weighted by atomic mass is 15.0. The van der Waals surface area contributed by atoms with Gasteiger partial charge in [-0.25, -0.2) is 0 Å². The van der Waals surface area contributed by atoms with E-state index < -0.39 is 0 Å². The van der Waals surface area contributed by atoms with E-state index in [1.165, 1.54) is 77.6 Å². The first-order chi connectivity index (χ1) is 22.3. The molecule has 212 valence electrons. The second-order valence-electron chi connectivity index (χ2n) is 12.0. The standard InChI is InChI=1S/C43H30N2/c1-3-9-30(10-4-1)32-19-21-35-38(41-28-44-24-23-36(41)39(35)26-32)25-29-15-17-31(18-16-29)33-20-22-43-40(27-33)37-13-7-8-14-42(37)45(43)34-11-5-2-6-12-34/h1-24,26-28,38H,25H2. The molecular weight excluding hydrogens is 544 g/mol. The summed E-state index contributed by atoms with van der Waals surface area (Å²) < 4.78 is 2.37. The maximum Gasteiger partial charge on any atom is 0.0541 e. The van der Waals surface area contributed by atoms with Gasteiger partial charge in [0, 0.05) is 34.8 Å². The molecule has 0 amide bonds. The van der Waals surface area contributed by atoms with Gasteiger partial charge in [0.25, 0.3) is 0 Å². The van der Waals surface area contributed by atoms with Crippen LogP contribution in [0.5, 0.6) is 0 Å². The van der Waals surface area contributed by atoms with Crippen molar-refractivity contribution in [1.82, 2.24) is 9.55 Å². The molecule has 0 spiro atoms. The van der Waals surface area contributed by atoms with E-state index in [-0.39, 0.29) is 0 Å². The van der Waals surface area contributed by atoms with Crippen molar-refractivity contribution in [3.8, 4) is 39.1 Å². The van der Waals surface area contributed by atoms with Gasteiger partial charge >= 0.3 is 0 Å². The Morgan fingerprint density at radius 2 is 1.16 bits per heavy atom. The number of rotatable bonds is 5. The summed E-state index contributed by atoms with van der Waals surface area (Å²) >= 11 is 0. The minimum Gasteiger partial charge on any atom is -0.309 e. The van der Waals surface area contributed by atoms with E-state index in [0.29, 0.717) is 5.92 Å². The molecule has 2 heterocycles. The molecule has 45 heavy (non-hydrogen) atoms. The Bertz CT molecular complexity index is 2330. The van der Waals surface area contributed by atoms with Crippen molar-refractivity contribution in [3.63, 3.8) is 0 Å². The highest BCUT2D eigenvalue weighted by Crippen LogP contribution is 2.47. The number of benzene rings is 6. The molecule has 0 bridgehead atoms. The molecule has 0 saturated carbocycles. The molecule has 0 aliphatic heterocycles. The van der Waals surface area contributed by atoms with Crippen molar-refractivity contribution in [1.29, 1.82) is 0 Å². The Morgan fingerprint density at radius 1 is 0.489 bits per heavy atom. The largest absolute Gasteiger partial charge is 0.309 e. The van der Waals surface area contributed by atoms with E-state index in [2.05, 4.69) is 167 Å². The van der Waals surface area contributed by atoms with Gasteiger partial charge in [-0.2, -0.15) is 0 Å². The second-order valence-corrected chi connectivity index (χ2v) is 12.0. The lowest BCUT2D eigenvalue weighted by Gasteiger charge is -2.15. The molecule has 1 aliphatic carbocycles. The summed E-state index contributed by atoms with van der Waals surface area (Å²) in [5.41, 5.74) is 15.3. The molecule has 9 rings (SSSR count). The van der Waals surface area contributed by atoms with Crippen molar-refractivity contribution in [2.75, 3.05) is 0 Å². The fourth-order valence-corrected chi connectivity index (χ4v) is 7.30. The number of fused-ring (bicyclic) bond motifs is 6. The summed E-state index contributed by atoms with van der Waals surface area (Å²) in [5, 5.41) is 2.55. The van der Waals surface area contributed by atoms with Crippen LogP contribution in [0.4, 0.5) is 0 Å². The van der Waals surface area contributed by atoms with Gasteiger partial charge in [0.05, 0.1) is 11.0 Å². The fourth-order valence-electron chi connectivity index (χ4n) is 7.30. The quantitative estimate of drug-likeness (QED) is 0.200. The molecule has 2 aromatic heterocycles. The normalized spacial score (nSPS) is 13.6. The van der Waals surface area contributed by atoms with Crippen LogP contribution in [0.2, 0.25) is 0 Å². The zero-order valence-electron chi connectivity index (χ0n) is 24.8. The van der Waals surface area contributed by atoms with E-state index >= 15 is 0 Å². The van der Waals surface area contributed by atoms with E-state index in [9.17, 15) is 0 Å². The van der Waals surface area contributed by atoms with Crippen LogP contribution in [0.15, 0.2) is 164 Å². The maximum atomic E-state index is 4.53. The monoisotopic (exact) mass is 574 g/mol. The van der Waals surface area contributed by atoms with Crippen molar-refractivity contribution >= 4 is 21.8 Å². The van der Waals surface area contributed by atoms with Crippen LogP contribution in [-0.4, -0.2) is 9.55 Å². The lowest BCUT2D eigenvalue weighted by atomic mass is 9.89. The van der Waals surface area contributed by atoms with Gasteiger partial charge in [-0.3, -0.25) is 4.98 Å². The number of para-hydroxylation sites is 2. The van der Waals surface area contributed by atoms with Crippen LogP contribution in [0.25, 0.3) is 60.9 Å². The van der Waals surface area contributed by atoms with Gasteiger partial charge in [0.15, 0.2) is 0 Å². The van der Waals surface area contributed by atoms with Crippen molar-refractivity contribution < 1.29 is 0 Å². The van der Waals surface area contributed by atoms with Gasteiger partial charge in [-0.05, 0) is 99.0 Å². The molecule has 0 saturated heterocycles. The summed E-state index contributed by atoms with van der Waals surface area (Å²) in [6.07, 6.45) is 4.93. The summed E-state index contributed by atoms with van der Waals surface area (Å²) in [7, 11) is 0. The fraction of sp³-hybridized carbons (Fsp3) is 0.0465. The van der Waals surface area contributed by atoms with Crippen molar-refractivity contribution in [2.45, 2.75) is 12.3 Å². The van der Waals surface area contributed by atoms with Crippen LogP contribution < -0.4 is 0 Å². The number of pyridine rings is 1. The zero-order chi connectivity index (χ0) is 29.7. The van der Waals surface area contributed by atoms with Crippen molar-refractivity contribution in [3.05, 3.63) is 181 Å². The molecule has 2 nitrogen and oxygen atoms in total. The third kappa shape index (κ3) is 4.29. The molecule has 0 radical (unpaired) electrons. The summed E-state index contributed by atoms with van der Waals surface area (Å²) in [6, 6.07) is 55.2. The molecule has 6 aromatic carbocycles. The molecule has 1 unspecified atom stereocenters. The Balaban J connectivity index is 1.05.